The van der Waals surface area contributed by atoms with Gasteiger partial charge in [0.2, 0.25) is 5.75 Å². The number of Topliss-reactive ketones (excluding diaryl/α,β-unsaturated/α-hetero) is 1. The number of methoxy groups -OCH3 is 3. The van der Waals surface area contributed by atoms with Crippen molar-refractivity contribution in [3.63, 3.8) is 0 Å². The minimum Gasteiger partial charge on any atom is -0.493 e. The Morgan fingerprint density at radius 3 is 2.25 bits per heavy atom. The van der Waals surface area contributed by atoms with Gasteiger partial charge in [-0.1, -0.05) is 29.8 Å². The summed E-state index contributed by atoms with van der Waals surface area (Å²) in [7, 11) is 4.67. The predicted molar refractivity (Wildman–Crippen MR) is 138 cm³/mol. The molecule has 6 nitrogen and oxygen atoms in total. The molecule has 3 aromatic carbocycles. The third-order valence-electron chi connectivity index (χ3n) is 6.76. The number of benzene rings is 3. The summed E-state index contributed by atoms with van der Waals surface area (Å²) in [5.41, 5.74) is 3.92. The maximum Gasteiger partial charge on any atom is 0.203 e. The smallest absolute Gasteiger partial charge is 0.203 e. The molecule has 0 fully saturated rings. The number of halogens is 2. The number of hydrogen-bond donors (Lipinski definition) is 2. The number of fused-ring (bicyclic) bond motifs is 1. The zero-order valence-corrected chi connectivity index (χ0v) is 20.9. The van der Waals surface area contributed by atoms with E-state index < -0.39 is 11.9 Å². The Morgan fingerprint density at radius 1 is 0.917 bits per heavy atom. The molecule has 1 aliphatic carbocycles. The standard InChI is InChI=1S/C28H26ClFN2O4/c1-34-23-13-16(14-24(35-2)28(23)36-3)15-11-21-26(22(33)12-15)27(25-17(29)7-6-8-18(25)30)32-20-10-5-4-9-19(20)31-21/h4-10,13-15,27,31-32H,11-12H2,1-3H3. The molecule has 1 heterocycles. The van der Waals surface area contributed by atoms with Crippen LogP contribution in [0, 0.1) is 5.82 Å². The maximum absolute atomic E-state index is 15.1. The first-order chi connectivity index (χ1) is 17.4. The average Bonchev–Trinajstić information content (AvgIpc) is 3.04. The number of allylic oxidation sites excluding steroid dienone is 1. The van der Waals surface area contributed by atoms with Gasteiger partial charge in [0.1, 0.15) is 5.82 Å². The molecular formula is C28H26ClFN2O4. The molecule has 0 radical (unpaired) electrons. The van der Waals surface area contributed by atoms with Gasteiger partial charge in [0.25, 0.3) is 0 Å². The van der Waals surface area contributed by atoms with Crippen molar-refractivity contribution >= 4 is 28.8 Å². The fourth-order valence-corrected chi connectivity index (χ4v) is 5.34. The van der Waals surface area contributed by atoms with Gasteiger partial charge in [-0.15, -0.1) is 0 Å². The molecule has 8 heteroatoms. The summed E-state index contributed by atoms with van der Waals surface area (Å²) in [5, 5.41) is 7.09. The molecule has 2 unspecified atom stereocenters. The van der Waals surface area contributed by atoms with Gasteiger partial charge in [0.15, 0.2) is 17.3 Å². The van der Waals surface area contributed by atoms with Crippen molar-refractivity contribution < 1.29 is 23.4 Å². The third kappa shape index (κ3) is 4.13. The SMILES string of the molecule is COc1cc(C2CC(=O)C3=C(C2)Nc2ccccc2NC3c2c(F)cccc2Cl)cc(OC)c1OC. The number of ether oxygens (including phenoxy) is 3. The Balaban J connectivity index is 1.63. The van der Waals surface area contributed by atoms with Crippen LogP contribution in [0.5, 0.6) is 17.2 Å². The van der Waals surface area contributed by atoms with Gasteiger partial charge < -0.3 is 24.8 Å². The minimum absolute atomic E-state index is 0.0906. The number of carbonyl (C=O) groups excluding carboxylic acids is 1. The molecule has 0 spiro atoms. The summed E-state index contributed by atoms with van der Waals surface area (Å²) in [5.74, 6) is 0.829. The Hall–Kier alpha value is -3.71. The number of para-hydroxylation sites is 2. The normalized spacial score (nSPS) is 18.9. The van der Waals surface area contributed by atoms with Gasteiger partial charge in [0, 0.05) is 28.3 Å². The van der Waals surface area contributed by atoms with E-state index in [2.05, 4.69) is 10.6 Å². The van der Waals surface area contributed by atoms with Crippen LogP contribution in [0.1, 0.15) is 35.9 Å². The first-order valence-corrected chi connectivity index (χ1v) is 12.0. The van der Waals surface area contributed by atoms with Crippen molar-refractivity contribution in [3.05, 3.63) is 87.8 Å². The average molecular weight is 509 g/mol. The number of rotatable bonds is 5. The van der Waals surface area contributed by atoms with Crippen LogP contribution in [0.2, 0.25) is 5.02 Å². The Labute approximate surface area is 214 Å². The first-order valence-electron chi connectivity index (χ1n) is 11.6. The van der Waals surface area contributed by atoms with E-state index in [9.17, 15) is 4.79 Å². The van der Waals surface area contributed by atoms with Gasteiger partial charge in [-0.25, -0.2) is 4.39 Å². The molecule has 0 aromatic heterocycles. The Morgan fingerprint density at radius 2 is 1.61 bits per heavy atom. The van der Waals surface area contributed by atoms with Crippen LogP contribution in [-0.4, -0.2) is 27.1 Å². The molecule has 5 rings (SSSR count). The largest absolute Gasteiger partial charge is 0.493 e. The highest BCUT2D eigenvalue weighted by Gasteiger charge is 2.38. The molecule has 0 saturated carbocycles. The monoisotopic (exact) mass is 508 g/mol. The molecule has 36 heavy (non-hydrogen) atoms. The van der Waals surface area contributed by atoms with Crippen LogP contribution in [0.4, 0.5) is 15.8 Å². The fraction of sp³-hybridized carbons (Fsp3) is 0.250. The van der Waals surface area contributed by atoms with Gasteiger partial charge in [-0.2, -0.15) is 0 Å². The van der Waals surface area contributed by atoms with Crippen LogP contribution in [0.3, 0.4) is 0 Å². The second kappa shape index (κ2) is 9.74. The minimum atomic E-state index is -0.738. The molecule has 2 atom stereocenters. The van der Waals surface area contributed by atoms with Crippen LogP contribution >= 0.6 is 11.6 Å². The van der Waals surface area contributed by atoms with Gasteiger partial charge in [-0.3, -0.25) is 4.79 Å². The molecule has 3 aromatic rings. The topological polar surface area (TPSA) is 68.8 Å². The second-order valence-corrected chi connectivity index (χ2v) is 9.17. The number of ketones is 1. The van der Waals surface area contributed by atoms with Crippen molar-refractivity contribution in [1.29, 1.82) is 0 Å². The molecule has 0 amide bonds. The van der Waals surface area contributed by atoms with Crippen LogP contribution in [-0.2, 0) is 4.79 Å². The number of anilines is 2. The predicted octanol–water partition coefficient (Wildman–Crippen LogP) is 6.48. The van der Waals surface area contributed by atoms with E-state index in [0.717, 1.165) is 22.6 Å². The van der Waals surface area contributed by atoms with Gasteiger partial charge in [-0.05, 0) is 54.3 Å². The summed E-state index contributed by atoms with van der Waals surface area (Å²) >= 11 is 6.47. The van der Waals surface area contributed by atoms with Gasteiger partial charge >= 0.3 is 0 Å². The van der Waals surface area contributed by atoms with E-state index in [-0.39, 0.29) is 28.7 Å². The highest BCUT2D eigenvalue weighted by atomic mass is 35.5. The number of hydrogen-bond acceptors (Lipinski definition) is 6. The van der Waals surface area contributed by atoms with E-state index in [0.29, 0.717) is 29.2 Å². The van der Waals surface area contributed by atoms with Crippen LogP contribution in [0.25, 0.3) is 0 Å². The zero-order valence-electron chi connectivity index (χ0n) is 20.2. The van der Waals surface area contributed by atoms with Crippen molar-refractivity contribution in [2.24, 2.45) is 0 Å². The first kappa shape index (κ1) is 24.0. The fourth-order valence-electron chi connectivity index (χ4n) is 5.07. The summed E-state index contributed by atoms with van der Waals surface area (Å²) in [6.45, 7) is 0. The maximum atomic E-state index is 15.1. The van der Waals surface area contributed by atoms with E-state index in [1.54, 1.807) is 33.5 Å². The van der Waals surface area contributed by atoms with Crippen molar-refractivity contribution in [3.8, 4) is 17.2 Å². The lowest BCUT2D eigenvalue weighted by molar-refractivity contribution is -0.116. The highest BCUT2D eigenvalue weighted by Crippen LogP contribution is 2.48. The lowest BCUT2D eigenvalue weighted by Crippen LogP contribution is -2.27. The molecule has 2 aliphatic rings. The van der Waals surface area contributed by atoms with Crippen molar-refractivity contribution in [2.75, 3.05) is 32.0 Å². The molecule has 1 aliphatic heterocycles. The van der Waals surface area contributed by atoms with Crippen molar-refractivity contribution in [2.45, 2.75) is 24.8 Å². The van der Waals surface area contributed by atoms with E-state index in [1.165, 1.54) is 6.07 Å². The van der Waals surface area contributed by atoms with E-state index in [4.69, 9.17) is 25.8 Å². The quantitative estimate of drug-likeness (QED) is 0.411. The molecule has 186 valence electrons. The second-order valence-electron chi connectivity index (χ2n) is 8.76. The van der Waals surface area contributed by atoms with Crippen LogP contribution in [0.15, 0.2) is 65.9 Å². The third-order valence-corrected chi connectivity index (χ3v) is 7.09. The number of carbonyl (C=O) groups is 1. The summed E-state index contributed by atoms with van der Waals surface area (Å²) in [6.07, 6.45) is 0.762. The van der Waals surface area contributed by atoms with Gasteiger partial charge in [0.05, 0.1) is 38.7 Å². The lowest BCUT2D eigenvalue weighted by atomic mass is 9.78. The summed E-state index contributed by atoms with van der Waals surface area (Å²) in [4.78, 5) is 13.8. The highest BCUT2D eigenvalue weighted by molar-refractivity contribution is 6.31. The molecular weight excluding hydrogens is 483 g/mol. The van der Waals surface area contributed by atoms with E-state index in [1.807, 2.05) is 36.4 Å². The number of nitrogens with one attached hydrogen (secondary N) is 2. The zero-order chi connectivity index (χ0) is 25.4. The summed E-state index contributed by atoms with van der Waals surface area (Å²) < 4.78 is 31.6. The molecule has 0 saturated heterocycles. The van der Waals surface area contributed by atoms with Crippen molar-refractivity contribution in [1.82, 2.24) is 0 Å². The Kier molecular flexibility index (Phi) is 6.49. The van der Waals surface area contributed by atoms with Crippen LogP contribution < -0.4 is 24.8 Å². The molecule has 2 N–H and O–H groups in total. The molecule has 0 bridgehead atoms. The summed E-state index contributed by atoms with van der Waals surface area (Å²) in [6, 6.07) is 15.2. The lowest BCUT2D eigenvalue weighted by Gasteiger charge is -2.30. The van der Waals surface area contributed by atoms with E-state index >= 15 is 4.39 Å². The Bertz CT molecular complexity index is 1330.